The van der Waals surface area contributed by atoms with Crippen molar-refractivity contribution in [2.24, 2.45) is 0 Å². The Morgan fingerprint density at radius 3 is 3.05 bits per heavy atom. The number of rotatable bonds is 5. The Kier molecular flexibility index (Phi) is 5.30. The van der Waals surface area contributed by atoms with Crippen molar-refractivity contribution in [3.05, 3.63) is 30.1 Å². The van der Waals surface area contributed by atoms with Gasteiger partial charge in [-0.25, -0.2) is 0 Å². The van der Waals surface area contributed by atoms with Gasteiger partial charge in [-0.2, -0.15) is 0 Å². The second-order valence-corrected chi connectivity index (χ2v) is 5.07. The summed E-state index contributed by atoms with van der Waals surface area (Å²) in [6, 6.07) is 4.23. The molecule has 0 bridgehead atoms. The summed E-state index contributed by atoms with van der Waals surface area (Å²) in [5.41, 5.74) is 1.20. The van der Waals surface area contributed by atoms with Crippen molar-refractivity contribution >= 4 is 5.91 Å². The molecule has 1 unspecified atom stereocenters. The summed E-state index contributed by atoms with van der Waals surface area (Å²) in [4.78, 5) is 18.1. The number of nitrogens with one attached hydrogen (secondary N) is 2. The molecule has 1 aliphatic heterocycles. The van der Waals surface area contributed by atoms with Crippen molar-refractivity contribution in [2.45, 2.75) is 18.9 Å². The third kappa shape index (κ3) is 4.96. The van der Waals surface area contributed by atoms with Crippen LogP contribution in [0.1, 0.15) is 12.0 Å². The number of carbonyl (C=O) groups is 1. The summed E-state index contributed by atoms with van der Waals surface area (Å²) in [6.07, 6.45) is 4.96. The first-order valence-corrected chi connectivity index (χ1v) is 6.81. The van der Waals surface area contributed by atoms with Crippen LogP contribution in [0.25, 0.3) is 0 Å². The van der Waals surface area contributed by atoms with Crippen molar-refractivity contribution in [1.82, 2.24) is 20.5 Å². The zero-order valence-corrected chi connectivity index (χ0v) is 11.4. The number of aromatic nitrogens is 1. The minimum Gasteiger partial charge on any atom is -0.356 e. The van der Waals surface area contributed by atoms with Gasteiger partial charge in [0.05, 0.1) is 0 Å². The zero-order valence-electron chi connectivity index (χ0n) is 11.4. The molecule has 0 aliphatic carbocycles. The molecule has 1 atom stereocenters. The summed E-state index contributed by atoms with van der Waals surface area (Å²) in [5.74, 6) is 0.127. The number of nitrogens with zero attached hydrogens (tertiary/aromatic N) is 2. The zero-order chi connectivity index (χ0) is 13.5. The highest BCUT2D eigenvalue weighted by Gasteiger charge is 2.18. The van der Waals surface area contributed by atoms with Crippen LogP contribution in [0.2, 0.25) is 0 Å². The predicted octanol–water partition coefficient (Wildman–Crippen LogP) is 0.0340. The molecule has 2 rings (SSSR count). The number of carbonyl (C=O) groups excluding carboxylic acids is 1. The molecule has 1 aliphatic rings. The summed E-state index contributed by atoms with van der Waals surface area (Å²) in [5, 5.41) is 6.35. The van der Waals surface area contributed by atoms with Crippen molar-refractivity contribution in [3.63, 3.8) is 0 Å². The molecule has 19 heavy (non-hydrogen) atoms. The van der Waals surface area contributed by atoms with E-state index >= 15 is 0 Å². The molecule has 1 fully saturated rings. The number of hydrogen-bond donors (Lipinski definition) is 2. The van der Waals surface area contributed by atoms with Gasteiger partial charge in [0.1, 0.15) is 0 Å². The van der Waals surface area contributed by atoms with Crippen LogP contribution in [0.3, 0.4) is 0 Å². The fraction of sp³-hybridized carbons (Fsp3) is 0.571. The second kappa shape index (κ2) is 7.21. The maximum atomic E-state index is 11.8. The van der Waals surface area contributed by atoms with E-state index in [0.29, 0.717) is 13.0 Å². The molecule has 2 N–H and O–H groups in total. The molecular weight excluding hydrogens is 240 g/mol. The number of likely N-dealkylation sites (N-methyl/N-ethyl adjacent to an activating group) is 1. The van der Waals surface area contributed by atoms with Crippen LogP contribution in [-0.2, 0) is 11.2 Å². The molecular formula is C14H22N4O. The predicted molar refractivity (Wildman–Crippen MR) is 74.9 cm³/mol. The van der Waals surface area contributed by atoms with Gasteiger partial charge < -0.3 is 15.5 Å². The normalized spacial score (nSPS) is 20.2. The summed E-state index contributed by atoms with van der Waals surface area (Å²) >= 11 is 0. The summed E-state index contributed by atoms with van der Waals surface area (Å²) in [6.45, 7) is 3.65. The molecule has 5 heteroatoms. The first-order valence-electron chi connectivity index (χ1n) is 6.81. The van der Waals surface area contributed by atoms with E-state index in [1.54, 1.807) is 12.4 Å². The van der Waals surface area contributed by atoms with Gasteiger partial charge in [0, 0.05) is 51.0 Å². The largest absolute Gasteiger partial charge is 0.356 e. The maximum Gasteiger partial charge on any atom is 0.221 e. The van der Waals surface area contributed by atoms with Gasteiger partial charge in [-0.1, -0.05) is 0 Å². The highest BCUT2D eigenvalue weighted by Crippen LogP contribution is 2.01. The van der Waals surface area contributed by atoms with Crippen LogP contribution in [-0.4, -0.2) is 55.1 Å². The lowest BCUT2D eigenvalue weighted by atomic mass is 10.1. The Bertz CT molecular complexity index is 396. The minimum atomic E-state index is 0.127. The fourth-order valence-electron chi connectivity index (χ4n) is 2.32. The minimum absolute atomic E-state index is 0.127. The smallest absolute Gasteiger partial charge is 0.221 e. The quantitative estimate of drug-likeness (QED) is 0.786. The molecule has 0 aromatic carbocycles. The lowest BCUT2D eigenvalue weighted by Gasteiger charge is -2.30. The Hall–Kier alpha value is -1.46. The van der Waals surface area contributed by atoms with Crippen molar-refractivity contribution < 1.29 is 4.79 Å². The lowest BCUT2D eigenvalue weighted by molar-refractivity contribution is -0.121. The first kappa shape index (κ1) is 14.0. The van der Waals surface area contributed by atoms with Crippen LogP contribution in [0.5, 0.6) is 0 Å². The van der Waals surface area contributed by atoms with Gasteiger partial charge in [0.15, 0.2) is 0 Å². The average Bonchev–Trinajstić information content (AvgIpc) is 2.40. The Morgan fingerprint density at radius 1 is 1.53 bits per heavy atom. The fourth-order valence-corrected chi connectivity index (χ4v) is 2.32. The van der Waals surface area contributed by atoms with Gasteiger partial charge in [-0.3, -0.25) is 9.78 Å². The van der Waals surface area contributed by atoms with Crippen molar-refractivity contribution in [1.29, 1.82) is 0 Å². The number of piperazine rings is 1. The highest BCUT2D eigenvalue weighted by atomic mass is 16.1. The average molecular weight is 262 g/mol. The monoisotopic (exact) mass is 262 g/mol. The van der Waals surface area contributed by atoms with Gasteiger partial charge >= 0.3 is 0 Å². The molecule has 2 heterocycles. The molecule has 104 valence electrons. The molecule has 1 aromatic rings. The van der Waals surface area contributed by atoms with E-state index < -0.39 is 0 Å². The van der Waals surface area contributed by atoms with Crippen LogP contribution >= 0.6 is 0 Å². The molecule has 1 saturated heterocycles. The van der Waals surface area contributed by atoms with Crippen molar-refractivity contribution in [3.8, 4) is 0 Å². The van der Waals surface area contributed by atoms with Gasteiger partial charge in [-0.05, 0) is 31.2 Å². The maximum absolute atomic E-state index is 11.8. The van der Waals surface area contributed by atoms with Crippen LogP contribution in [0.15, 0.2) is 24.5 Å². The highest BCUT2D eigenvalue weighted by molar-refractivity contribution is 5.76. The molecule has 1 amide bonds. The molecule has 0 saturated carbocycles. The third-order valence-corrected chi connectivity index (χ3v) is 3.38. The van der Waals surface area contributed by atoms with E-state index in [1.165, 1.54) is 5.56 Å². The topological polar surface area (TPSA) is 57.3 Å². The SMILES string of the molecule is CN1CCNC(CC(=O)NCCc2ccncc2)C1. The summed E-state index contributed by atoms with van der Waals surface area (Å²) < 4.78 is 0. The van der Waals surface area contributed by atoms with E-state index in [2.05, 4.69) is 27.6 Å². The van der Waals surface area contributed by atoms with E-state index in [4.69, 9.17) is 0 Å². The Balaban J connectivity index is 1.64. The molecule has 0 radical (unpaired) electrons. The van der Waals surface area contributed by atoms with Crippen molar-refractivity contribution in [2.75, 3.05) is 33.2 Å². The Labute approximate surface area is 114 Å². The molecule has 1 aromatic heterocycles. The molecule has 0 spiro atoms. The standard InChI is InChI=1S/C14H22N4O/c1-18-9-8-16-13(11-18)10-14(19)17-7-4-12-2-5-15-6-3-12/h2-3,5-6,13,16H,4,7-11H2,1H3,(H,17,19). The van der Waals surface area contributed by atoms with Gasteiger partial charge in [-0.15, -0.1) is 0 Å². The van der Waals surface area contributed by atoms with E-state index in [-0.39, 0.29) is 11.9 Å². The van der Waals surface area contributed by atoms with E-state index in [0.717, 1.165) is 26.1 Å². The first-order chi connectivity index (χ1) is 9.24. The second-order valence-electron chi connectivity index (χ2n) is 5.07. The lowest BCUT2D eigenvalue weighted by Crippen LogP contribution is -2.50. The van der Waals surface area contributed by atoms with Crippen LogP contribution in [0, 0.1) is 0 Å². The van der Waals surface area contributed by atoms with Gasteiger partial charge in [0.25, 0.3) is 0 Å². The number of hydrogen-bond acceptors (Lipinski definition) is 4. The number of amides is 1. The van der Waals surface area contributed by atoms with Gasteiger partial charge in [0.2, 0.25) is 5.91 Å². The van der Waals surface area contributed by atoms with E-state index in [1.807, 2.05) is 12.1 Å². The van der Waals surface area contributed by atoms with E-state index in [9.17, 15) is 4.79 Å². The number of pyridine rings is 1. The Morgan fingerprint density at radius 2 is 2.32 bits per heavy atom. The van der Waals surface area contributed by atoms with Crippen LogP contribution < -0.4 is 10.6 Å². The molecule has 5 nitrogen and oxygen atoms in total. The van der Waals surface area contributed by atoms with Crippen LogP contribution in [0.4, 0.5) is 0 Å². The third-order valence-electron chi connectivity index (χ3n) is 3.38. The summed E-state index contributed by atoms with van der Waals surface area (Å²) in [7, 11) is 2.09.